The van der Waals surface area contributed by atoms with Gasteiger partial charge in [0, 0.05) is 16.8 Å². The fraction of sp³-hybridized carbons (Fsp3) is 0.0833. The molecule has 0 bridgehead atoms. The highest BCUT2D eigenvalue weighted by Gasteiger charge is 2.15. The number of amides is 1. The number of nitrogen functional groups attached to an aromatic ring is 1. The molecule has 0 radical (unpaired) electrons. The average molecular weight is 315 g/mol. The van der Waals surface area contributed by atoms with Crippen molar-refractivity contribution in [2.24, 2.45) is 0 Å². The summed E-state index contributed by atoms with van der Waals surface area (Å²) in [5.74, 6) is -1.19. The van der Waals surface area contributed by atoms with Gasteiger partial charge in [0.1, 0.15) is 17.8 Å². The predicted molar refractivity (Wildman–Crippen MR) is 75.6 cm³/mol. The summed E-state index contributed by atoms with van der Waals surface area (Å²) in [6.45, 7) is 1.52. The third-order valence-electron chi connectivity index (χ3n) is 2.64. The molecule has 0 aliphatic heterocycles. The van der Waals surface area contributed by atoms with Crippen molar-refractivity contribution in [2.45, 2.75) is 6.92 Å². The summed E-state index contributed by atoms with van der Waals surface area (Å²) in [5, 5.41) is 2.39. The number of nitrogens with one attached hydrogen (secondary N) is 1. The molecule has 0 saturated carbocycles. The molecular weight excluding hydrogens is 306 g/mol. The van der Waals surface area contributed by atoms with Crippen molar-refractivity contribution in [3.8, 4) is 0 Å². The number of nitrogens with two attached hydrogens (primary N) is 1. The van der Waals surface area contributed by atoms with E-state index >= 15 is 0 Å². The molecule has 5 nitrogen and oxygen atoms in total. The Balaban J connectivity index is 2.34. The lowest BCUT2D eigenvalue weighted by atomic mass is 10.1. The fourth-order valence-corrected chi connectivity index (χ4v) is 1.87. The molecule has 0 aliphatic carbocycles. The summed E-state index contributed by atoms with van der Waals surface area (Å²) >= 11 is 11.6. The van der Waals surface area contributed by atoms with Gasteiger partial charge in [-0.2, -0.15) is 0 Å². The minimum Gasteiger partial charge on any atom is -0.398 e. The van der Waals surface area contributed by atoms with Crippen LogP contribution in [0.5, 0.6) is 0 Å². The van der Waals surface area contributed by atoms with E-state index in [1.165, 1.54) is 13.0 Å². The number of anilines is 2. The highest BCUT2D eigenvalue weighted by atomic mass is 35.5. The monoisotopic (exact) mass is 314 g/mol. The lowest BCUT2D eigenvalue weighted by Crippen LogP contribution is -2.14. The van der Waals surface area contributed by atoms with Gasteiger partial charge in [-0.3, -0.25) is 4.79 Å². The molecule has 0 saturated heterocycles. The number of benzene rings is 1. The Hall–Kier alpha value is -1.92. The molecule has 104 valence electrons. The number of nitrogens with zero attached hydrogens (tertiary/aromatic N) is 2. The third-order valence-corrected chi connectivity index (χ3v) is 3.21. The summed E-state index contributed by atoms with van der Waals surface area (Å²) in [5.41, 5.74) is 6.17. The van der Waals surface area contributed by atoms with Crippen LogP contribution in [0.3, 0.4) is 0 Å². The number of rotatable bonds is 2. The van der Waals surface area contributed by atoms with E-state index in [1.807, 2.05) is 0 Å². The van der Waals surface area contributed by atoms with Crippen molar-refractivity contribution >= 4 is 40.5 Å². The molecule has 1 heterocycles. The third kappa shape index (κ3) is 2.81. The first-order chi connectivity index (χ1) is 9.40. The summed E-state index contributed by atoms with van der Waals surface area (Å²) in [6.07, 6.45) is 1.16. The van der Waals surface area contributed by atoms with Crippen LogP contribution in [-0.2, 0) is 0 Å². The van der Waals surface area contributed by atoms with Crippen LogP contribution in [0.1, 0.15) is 15.9 Å². The molecule has 2 rings (SSSR count). The van der Waals surface area contributed by atoms with Gasteiger partial charge in [-0.25, -0.2) is 14.4 Å². The maximum absolute atomic E-state index is 13.6. The molecule has 0 spiro atoms. The van der Waals surface area contributed by atoms with Crippen LogP contribution in [0, 0.1) is 12.7 Å². The zero-order valence-corrected chi connectivity index (χ0v) is 11.8. The van der Waals surface area contributed by atoms with Crippen molar-refractivity contribution in [3.05, 3.63) is 45.7 Å². The standard InChI is InChI=1S/C12H9Cl2FN4O/c1-5-7(15)2-6(3-8(5)16)12(20)19-9-10(13)17-4-18-11(9)14/h2-4H,16H2,1H3,(H,19,20). The van der Waals surface area contributed by atoms with E-state index in [-0.39, 0.29) is 32.8 Å². The molecule has 1 amide bonds. The molecule has 20 heavy (non-hydrogen) atoms. The number of carbonyl (C=O) groups is 1. The molecule has 1 aromatic carbocycles. The smallest absolute Gasteiger partial charge is 0.256 e. The minimum absolute atomic E-state index is 0.0149. The number of hydrogen-bond donors (Lipinski definition) is 2. The Labute approximate surface area is 123 Å². The normalized spacial score (nSPS) is 10.4. The lowest BCUT2D eigenvalue weighted by Gasteiger charge is -2.09. The Bertz CT molecular complexity index is 650. The van der Waals surface area contributed by atoms with E-state index < -0.39 is 11.7 Å². The second-order valence-corrected chi connectivity index (χ2v) is 4.67. The highest BCUT2D eigenvalue weighted by molar-refractivity contribution is 6.38. The fourth-order valence-electron chi connectivity index (χ4n) is 1.46. The van der Waals surface area contributed by atoms with Crippen molar-refractivity contribution in [2.75, 3.05) is 11.1 Å². The Morgan fingerprint density at radius 3 is 2.45 bits per heavy atom. The Kier molecular flexibility index (Phi) is 4.06. The van der Waals surface area contributed by atoms with Gasteiger partial charge in [0.15, 0.2) is 10.3 Å². The van der Waals surface area contributed by atoms with E-state index in [2.05, 4.69) is 15.3 Å². The first-order valence-electron chi connectivity index (χ1n) is 5.43. The zero-order valence-electron chi connectivity index (χ0n) is 10.2. The Morgan fingerprint density at radius 1 is 1.30 bits per heavy atom. The van der Waals surface area contributed by atoms with Crippen LogP contribution in [0.25, 0.3) is 0 Å². The summed E-state index contributed by atoms with van der Waals surface area (Å²) in [6, 6.07) is 2.44. The van der Waals surface area contributed by atoms with Gasteiger partial charge in [-0.15, -0.1) is 0 Å². The van der Waals surface area contributed by atoms with Crippen molar-refractivity contribution < 1.29 is 9.18 Å². The van der Waals surface area contributed by atoms with Gasteiger partial charge < -0.3 is 11.1 Å². The van der Waals surface area contributed by atoms with E-state index in [4.69, 9.17) is 28.9 Å². The number of hydrogen-bond acceptors (Lipinski definition) is 4. The quantitative estimate of drug-likeness (QED) is 0.659. The second kappa shape index (κ2) is 5.60. The van der Waals surface area contributed by atoms with Crippen LogP contribution < -0.4 is 11.1 Å². The van der Waals surface area contributed by atoms with Crippen molar-refractivity contribution in [3.63, 3.8) is 0 Å². The molecule has 0 atom stereocenters. The average Bonchev–Trinajstić information content (AvgIpc) is 2.39. The van der Waals surface area contributed by atoms with Gasteiger partial charge in [0.05, 0.1) is 0 Å². The largest absolute Gasteiger partial charge is 0.398 e. The first kappa shape index (κ1) is 14.5. The molecule has 2 aromatic rings. The van der Waals surface area contributed by atoms with E-state index in [1.54, 1.807) is 0 Å². The van der Waals surface area contributed by atoms with E-state index in [0.29, 0.717) is 0 Å². The topological polar surface area (TPSA) is 80.9 Å². The number of aromatic nitrogens is 2. The molecule has 8 heteroatoms. The van der Waals surface area contributed by atoms with Gasteiger partial charge in [-0.05, 0) is 19.1 Å². The van der Waals surface area contributed by atoms with Gasteiger partial charge in [0.2, 0.25) is 0 Å². The van der Waals surface area contributed by atoms with Gasteiger partial charge in [-0.1, -0.05) is 23.2 Å². The minimum atomic E-state index is -0.616. The summed E-state index contributed by atoms with van der Waals surface area (Å²) < 4.78 is 13.6. The van der Waals surface area contributed by atoms with Gasteiger partial charge >= 0.3 is 0 Å². The highest BCUT2D eigenvalue weighted by Crippen LogP contribution is 2.26. The second-order valence-electron chi connectivity index (χ2n) is 3.96. The van der Waals surface area contributed by atoms with E-state index in [0.717, 1.165) is 12.4 Å². The number of carbonyl (C=O) groups excluding carboxylic acids is 1. The Morgan fingerprint density at radius 2 is 1.90 bits per heavy atom. The molecule has 3 N–H and O–H groups in total. The van der Waals surface area contributed by atoms with Crippen molar-refractivity contribution in [1.82, 2.24) is 9.97 Å². The van der Waals surface area contributed by atoms with E-state index in [9.17, 15) is 9.18 Å². The van der Waals surface area contributed by atoms with Crippen LogP contribution in [0.4, 0.5) is 15.8 Å². The maximum atomic E-state index is 13.6. The van der Waals surface area contributed by atoms with Crippen LogP contribution in [-0.4, -0.2) is 15.9 Å². The van der Waals surface area contributed by atoms with Crippen LogP contribution in [0.15, 0.2) is 18.5 Å². The van der Waals surface area contributed by atoms with Crippen molar-refractivity contribution in [1.29, 1.82) is 0 Å². The van der Waals surface area contributed by atoms with Crippen LogP contribution in [0.2, 0.25) is 10.3 Å². The summed E-state index contributed by atoms with van der Waals surface area (Å²) in [7, 11) is 0. The zero-order chi connectivity index (χ0) is 14.9. The lowest BCUT2D eigenvalue weighted by molar-refractivity contribution is 0.102. The van der Waals surface area contributed by atoms with Gasteiger partial charge in [0.25, 0.3) is 5.91 Å². The molecule has 0 aliphatic rings. The predicted octanol–water partition coefficient (Wildman–Crippen LogP) is 3.07. The van der Waals surface area contributed by atoms with Crippen LogP contribution >= 0.6 is 23.2 Å². The summed E-state index contributed by atoms with van der Waals surface area (Å²) in [4.78, 5) is 19.4. The molecule has 0 unspecified atom stereocenters. The number of halogens is 3. The molecular formula is C12H9Cl2FN4O. The first-order valence-corrected chi connectivity index (χ1v) is 6.18. The molecule has 1 aromatic heterocycles. The SMILES string of the molecule is Cc1c(N)cc(C(=O)Nc2c(Cl)ncnc2Cl)cc1F. The maximum Gasteiger partial charge on any atom is 0.256 e. The molecule has 0 fully saturated rings.